The number of anilines is 2. The number of nitrogens with two attached hydrogens (primary N) is 2. The first-order valence-electron chi connectivity index (χ1n) is 8.55. The van der Waals surface area contributed by atoms with Gasteiger partial charge in [-0.3, -0.25) is 9.59 Å². The summed E-state index contributed by atoms with van der Waals surface area (Å²) < 4.78 is 10.6. The molecule has 0 aliphatic carbocycles. The minimum absolute atomic E-state index is 0.201. The highest BCUT2D eigenvalue weighted by atomic mass is 127. The van der Waals surface area contributed by atoms with Gasteiger partial charge in [-0.1, -0.05) is 18.2 Å². The third kappa shape index (κ3) is 9.28. The molecule has 0 aliphatic rings. The average molecular weight is 484 g/mol. The van der Waals surface area contributed by atoms with Crippen molar-refractivity contribution in [1.29, 1.82) is 0 Å². The highest BCUT2D eigenvalue weighted by Crippen LogP contribution is 2.16. The zero-order valence-corrected chi connectivity index (χ0v) is 17.7. The maximum Gasteiger partial charge on any atom is 0.310 e. The molecule has 2 aromatic rings. The molecule has 0 heterocycles. The van der Waals surface area contributed by atoms with Gasteiger partial charge in [0.05, 0.1) is 26.1 Å². The van der Waals surface area contributed by atoms with Crippen LogP contribution in [0.4, 0.5) is 11.4 Å². The zero-order valence-electron chi connectivity index (χ0n) is 15.5. The molecule has 4 N–H and O–H groups in total. The summed E-state index contributed by atoms with van der Waals surface area (Å²) in [6.07, 6.45) is 0.623. The van der Waals surface area contributed by atoms with Gasteiger partial charge in [-0.25, -0.2) is 0 Å². The average Bonchev–Trinajstić information content (AvgIpc) is 2.61. The third-order valence-electron chi connectivity index (χ3n) is 3.35. The van der Waals surface area contributed by atoms with Crippen molar-refractivity contribution >= 4 is 45.9 Å². The van der Waals surface area contributed by atoms with E-state index in [2.05, 4.69) is 22.6 Å². The Morgan fingerprint density at radius 2 is 1.33 bits per heavy atom. The Morgan fingerprint density at radius 3 is 1.81 bits per heavy atom. The van der Waals surface area contributed by atoms with Crippen molar-refractivity contribution in [2.24, 2.45) is 0 Å². The summed E-state index contributed by atoms with van der Waals surface area (Å²) in [5.74, 6) is -0.402. The van der Waals surface area contributed by atoms with Crippen LogP contribution in [0, 0.1) is 3.57 Å². The first-order valence-corrected chi connectivity index (χ1v) is 9.63. The lowest BCUT2D eigenvalue weighted by molar-refractivity contribution is -0.143. The summed E-state index contributed by atoms with van der Waals surface area (Å²) in [7, 11) is 0. The van der Waals surface area contributed by atoms with Crippen molar-refractivity contribution in [1.82, 2.24) is 0 Å². The van der Waals surface area contributed by atoms with Gasteiger partial charge in [0.15, 0.2) is 0 Å². The highest BCUT2D eigenvalue weighted by Gasteiger charge is 2.05. The lowest BCUT2D eigenvalue weighted by Gasteiger charge is -2.03. The third-order valence-corrected chi connectivity index (χ3v) is 4.29. The number of esters is 2. The Balaban J connectivity index is 0.000000271. The van der Waals surface area contributed by atoms with E-state index in [9.17, 15) is 9.59 Å². The Kier molecular flexibility index (Phi) is 10.2. The SMILES string of the molecule is CCOC(=O)Cc1ccc(N)c(I)c1.CCOC(=O)Cc1ccc(N)cc1. The lowest BCUT2D eigenvalue weighted by Crippen LogP contribution is -2.07. The van der Waals surface area contributed by atoms with E-state index in [-0.39, 0.29) is 11.9 Å². The number of rotatable bonds is 6. The lowest BCUT2D eigenvalue weighted by atomic mass is 10.1. The summed E-state index contributed by atoms with van der Waals surface area (Å²) in [5.41, 5.74) is 14.4. The van der Waals surface area contributed by atoms with E-state index < -0.39 is 0 Å². The van der Waals surface area contributed by atoms with Crippen molar-refractivity contribution in [2.75, 3.05) is 24.7 Å². The van der Waals surface area contributed by atoms with Gasteiger partial charge < -0.3 is 20.9 Å². The van der Waals surface area contributed by atoms with E-state index in [1.165, 1.54) is 0 Å². The number of ether oxygens (including phenoxy) is 2. The van der Waals surface area contributed by atoms with Crippen molar-refractivity contribution in [3.8, 4) is 0 Å². The molecule has 2 rings (SSSR count). The van der Waals surface area contributed by atoms with Crippen LogP contribution in [-0.2, 0) is 31.9 Å². The van der Waals surface area contributed by atoms with Gasteiger partial charge in [0.25, 0.3) is 0 Å². The predicted octanol–water partition coefficient (Wildman–Crippen LogP) is 3.35. The number of carbonyl (C=O) groups is 2. The molecule has 0 saturated heterocycles. The van der Waals surface area contributed by atoms with Gasteiger partial charge in [-0.15, -0.1) is 0 Å². The Morgan fingerprint density at radius 1 is 0.852 bits per heavy atom. The molecule has 2 aromatic carbocycles. The second-order valence-corrected chi connectivity index (χ2v) is 6.72. The molecule has 0 aliphatic heterocycles. The van der Waals surface area contributed by atoms with E-state index in [4.69, 9.17) is 20.9 Å². The van der Waals surface area contributed by atoms with Crippen molar-refractivity contribution in [3.63, 3.8) is 0 Å². The molecule has 0 aromatic heterocycles. The van der Waals surface area contributed by atoms with E-state index in [0.29, 0.717) is 31.7 Å². The molecule has 0 radical (unpaired) electrons. The predicted molar refractivity (Wildman–Crippen MR) is 115 cm³/mol. The Bertz CT molecular complexity index is 748. The molecule has 6 nitrogen and oxygen atoms in total. The molecule has 0 spiro atoms. The molecule has 0 fully saturated rings. The molecule has 27 heavy (non-hydrogen) atoms. The maximum absolute atomic E-state index is 11.2. The van der Waals surface area contributed by atoms with Gasteiger partial charge in [-0.05, 0) is 71.8 Å². The van der Waals surface area contributed by atoms with E-state index in [1.807, 2.05) is 24.3 Å². The van der Waals surface area contributed by atoms with E-state index in [1.54, 1.807) is 32.0 Å². The summed E-state index contributed by atoms with van der Waals surface area (Å²) in [6, 6.07) is 12.7. The van der Waals surface area contributed by atoms with E-state index >= 15 is 0 Å². The van der Waals surface area contributed by atoms with Gasteiger partial charge in [0.1, 0.15) is 0 Å². The highest BCUT2D eigenvalue weighted by molar-refractivity contribution is 14.1. The fourth-order valence-corrected chi connectivity index (χ4v) is 2.65. The number of hydrogen-bond donors (Lipinski definition) is 2. The summed E-state index contributed by atoms with van der Waals surface area (Å²) in [6.45, 7) is 4.43. The number of benzene rings is 2. The van der Waals surface area contributed by atoms with Crippen LogP contribution >= 0.6 is 22.6 Å². The first-order chi connectivity index (χ1) is 12.8. The van der Waals surface area contributed by atoms with Crippen molar-refractivity contribution in [3.05, 3.63) is 57.2 Å². The van der Waals surface area contributed by atoms with Gasteiger partial charge in [0, 0.05) is 14.9 Å². The van der Waals surface area contributed by atoms with Crippen LogP contribution < -0.4 is 11.5 Å². The first kappa shape index (κ1) is 22.8. The minimum atomic E-state index is -0.202. The molecule has 7 heteroatoms. The molecule has 0 atom stereocenters. The molecule has 0 saturated carbocycles. The van der Waals surface area contributed by atoms with E-state index in [0.717, 1.165) is 20.4 Å². The van der Waals surface area contributed by atoms with Gasteiger partial charge >= 0.3 is 11.9 Å². The molecular weight excluding hydrogens is 459 g/mol. The number of halogens is 1. The van der Waals surface area contributed by atoms with Crippen LogP contribution in [0.2, 0.25) is 0 Å². The Labute approximate surface area is 173 Å². The van der Waals surface area contributed by atoms with Crippen LogP contribution in [0.25, 0.3) is 0 Å². The van der Waals surface area contributed by atoms with Crippen LogP contribution in [-0.4, -0.2) is 25.2 Å². The largest absolute Gasteiger partial charge is 0.466 e. The summed E-state index contributed by atoms with van der Waals surface area (Å²) >= 11 is 2.14. The molecular formula is C20H25IN2O4. The molecule has 0 amide bonds. The van der Waals surface area contributed by atoms with Crippen molar-refractivity contribution in [2.45, 2.75) is 26.7 Å². The van der Waals surface area contributed by atoms with Crippen LogP contribution in [0.3, 0.4) is 0 Å². The van der Waals surface area contributed by atoms with Crippen LogP contribution in [0.1, 0.15) is 25.0 Å². The standard InChI is InChI=1S/C10H12INO2.C10H13NO2/c1-2-14-10(13)6-7-3-4-9(12)8(11)5-7;1-2-13-10(12)7-8-3-5-9(11)6-4-8/h3-5H,2,6,12H2,1H3;3-6H,2,7,11H2,1H3. The van der Waals surface area contributed by atoms with Gasteiger partial charge in [-0.2, -0.15) is 0 Å². The van der Waals surface area contributed by atoms with Crippen LogP contribution in [0.5, 0.6) is 0 Å². The number of nitrogen functional groups attached to an aromatic ring is 2. The fourth-order valence-electron chi connectivity index (χ4n) is 2.07. The topological polar surface area (TPSA) is 105 Å². The summed E-state index contributed by atoms with van der Waals surface area (Å²) in [5, 5.41) is 0. The van der Waals surface area contributed by atoms with Crippen LogP contribution in [0.15, 0.2) is 42.5 Å². The minimum Gasteiger partial charge on any atom is -0.466 e. The quantitative estimate of drug-likeness (QED) is 0.370. The van der Waals surface area contributed by atoms with Gasteiger partial charge in [0.2, 0.25) is 0 Å². The monoisotopic (exact) mass is 484 g/mol. The number of hydrogen-bond acceptors (Lipinski definition) is 6. The fraction of sp³-hybridized carbons (Fsp3) is 0.300. The number of carbonyl (C=O) groups excluding carboxylic acids is 2. The second kappa shape index (κ2) is 12.2. The normalized spacial score (nSPS) is 9.74. The summed E-state index contributed by atoms with van der Waals surface area (Å²) in [4.78, 5) is 22.2. The molecule has 0 bridgehead atoms. The van der Waals surface area contributed by atoms with Crippen molar-refractivity contribution < 1.29 is 19.1 Å². The Hall–Kier alpha value is -2.29. The molecule has 146 valence electrons. The zero-order chi connectivity index (χ0) is 20.2. The molecule has 0 unspecified atom stereocenters. The smallest absolute Gasteiger partial charge is 0.310 e. The maximum atomic E-state index is 11.2. The second-order valence-electron chi connectivity index (χ2n) is 5.56.